The van der Waals surface area contributed by atoms with Gasteiger partial charge in [-0.15, -0.1) is 0 Å². The average Bonchev–Trinajstić information content (AvgIpc) is 2.28. The monoisotopic (exact) mass is 280 g/mol. The number of nitro benzene ring substituents is 1. The number of rotatable bonds is 5. The van der Waals surface area contributed by atoms with Gasteiger partial charge in [0.15, 0.2) is 0 Å². The largest absolute Gasteiger partial charge is 0.481 e. The highest BCUT2D eigenvalue weighted by molar-refractivity contribution is 5.69. The van der Waals surface area contributed by atoms with Crippen LogP contribution in [-0.4, -0.2) is 22.0 Å². The first kappa shape index (κ1) is 15.9. The number of nitrogens with one attached hydrogen (secondary N) is 1. The molecule has 0 fully saturated rings. The molecular weight excluding hydrogens is 260 g/mol. The predicted octanol–water partition coefficient (Wildman–Crippen LogP) is 3.20. The van der Waals surface area contributed by atoms with Crippen LogP contribution in [0.1, 0.15) is 32.8 Å². The van der Waals surface area contributed by atoms with E-state index in [0.29, 0.717) is 0 Å². The average molecular weight is 280 g/mol. The molecule has 0 aliphatic rings. The number of carbonyl (C=O) groups is 1. The van der Waals surface area contributed by atoms with Gasteiger partial charge in [-0.25, -0.2) is 0 Å². The number of nitrogens with zero attached hydrogens (tertiary/aromatic N) is 1. The van der Waals surface area contributed by atoms with Crippen LogP contribution in [0.5, 0.6) is 0 Å². The number of non-ortho nitro benzene ring substituents is 1. The van der Waals surface area contributed by atoms with Crippen molar-refractivity contribution < 1.29 is 14.8 Å². The lowest BCUT2D eigenvalue weighted by atomic mass is 9.84. The fourth-order valence-electron chi connectivity index (χ4n) is 1.86. The van der Waals surface area contributed by atoms with E-state index < -0.39 is 10.9 Å². The maximum absolute atomic E-state index is 10.9. The summed E-state index contributed by atoms with van der Waals surface area (Å²) in [6.45, 7) is 7.62. The van der Waals surface area contributed by atoms with Crippen LogP contribution in [0.3, 0.4) is 0 Å². The molecule has 1 unspecified atom stereocenters. The van der Waals surface area contributed by atoms with Crippen molar-refractivity contribution in [1.82, 2.24) is 0 Å². The first-order valence-corrected chi connectivity index (χ1v) is 6.34. The van der Waals surface area contributed by atoms with E-state index in [0.717, 1.165) is 11.3 Å². The SMILES string of the molecule is Cc1cc([N+](=O)[O-])ccc1NC(CC(=O)O)C(C)(C)C. The molecule has 0 bridgehead atoms. The number of carboxylic acid groups (broad SMARTS) is 1. The number of anilines is 1. The van der Waals surface area contributed by atoms with Crippen molar-refractivity contribution in [3.8, 4) is 0 Å². The van der Waals surface area contributed by atoms with Gasteiger partial charge in [0.2, 0.25) is 0 Å². The maximum atomic E-state index is 10.9. The van der Waals surface area contributed by atoms with E-state index in [2.05, 4.69) is 5.32 Å². The van der Waals surface area contributed by atoms with E-state index >= 15 is 0 Å². The quantitative estimate of drug-likeness (QED) is 0.638. The van der Waals surface area contributed by atoms with Gasteiger partial charge in [0.25, 0.3) is 5.69 Å². The Hall–Kier alpha value is -2.11. The fourth-order valence-corrected chi connectivity index (χ4v) is 1.86. The van der Waals surface area contributed by atoms with Crippen molar-refractivity contribution in [2.75, 3.05) is 5.32 Å². The molecule has 0 aliphatic heterocycles. The molecule has 0 radical (unpaired) electrons. The van der Waals surface area contributed by atoms with Crippen LogP contribution in [0.15, 0.2) is 18.2 Å². The second-order valence-electron chi connectivity index (χ2n) is 5.92. The minimum atomic E-state index is -0.878. The summed E-state index contributed by atoms with van der Waals surface area (Å²) in [7, 11) is 0. The zero-order valence-electron chi connectivity index (χ0n) is 12.1. The highest BCUT2D eigenvalue weighted by Gasteiger charge is 2.27. The van der Waals surface area contributed by atoms with Crippen LogP contribution in [0.2, 0.25) is 0 Å². The van der Waals surface area contributed by atoms with E-state index in [4.69, 9.17) is 5.11 Å². The number of nitro groups is 1. The van der Waals surface area contributed by atoms with Crippen LogP contribution >= 0.6 is 0 Å². The van der Waals surface area contributed by atoms with Gasteiger partial charge in [-0.3, -0.25) is 14.9 Å². The molecule has 1 aromatic rings. The summed E-state index contributed by atoms with van der Waals surface area (Å²) < 4.78 is 0. The van der Waals surface area contributed by atoms with Gasteiger partial charge in [0.1, 0.15) is 0 Å². The first-order chi connectivity index (χ1) is 9.11. The molecule has 2 N–H and O–H groups in total. The Balaban J connectivity index is 3.00. The highest BCUT2D eigenvalue weighted by atomic mass is 16.6. The maximum Gasteiger partial charge on any atom is 0.305 e. The van der Waals surface area contributed by atoms with Crippen molar-refractivity contribution in [2.24, 2.45) is 5.41 Å². The summed E-state index contributed by atoms with van der Waals surface area (Å²) in [6, 6.07) is 4.24. The highest BCUT2D eigenvalue weighted by Crippen LogP contribution is 2.28. The molecule has 0 saturated heterocycles. The van der Waals surface area contributed by atoms with Crippen LogP contribution in [-0.2, 0) is 4.79 Å². The van der Waals surface area contributed by atoms with E-state index in [1.54, 1.807) is 13.0 Å². The van der Waals surface area contributed by atoms with Gasteiger partial charge >= 0.3 is 5.97 Å². The van der Waals surface area contributed by atoms with Gasteiger partial charge in [0.05, 0.1) is 11.3 Å². The molecule has 0 heterocycles. The van der Waals surface area contributed by atoms with Gasteiger partial charge in [-0.1, -0.05) is 20.8 Å². The Kier molecular flexibility index (Phi) is 4.70. The van der Waals surface area contributed by atoms with E-state index in [1.165, 1.54) is 12.1 Å². The molecule has 6 heteroatoms. The molecule has 20 heavy (non-hydrogen) atoms. The molecule has 0 aliphatic carbocycles. The van der Waals surface area contributed by atoms with Crippen LogP contribution in [0, 0.1) is 22.5 Å². The molecule has 0 saturated carbocycles. The Morgan fingerprint density at radius 1 is 1.45 bits per heavy atom. The van der Waals surface area contributed by atoms with Crippen molar-refractivity contribution in [1.29, 1.82) is 0 Å². The topological polar surface area (TPSA) is 92.5 Å². The summed E-state index contributed by atoms with van der Waals surface area (Å²) in [6.07, 6.45) is -0.0140. The van der Waals surface area contributed by atoms with Crippen molar-refractivity contribution in [3.05, 3.63) is 33.9 Å². The Morgan fingerprint density at radius 2 is 2.05 bits per heavy atom. The number of aliphatic carboxylic acids is 1. The van der Waals surface area contributed by atoms with Crippen LogP contribution in [0.25, 0.3) is 0 Å². The van der Waals surface area contributed by atoms with Crippen molar-refractivity contribution in [3.63, 3.8) is 0 Å². The smallest absolute Gasteiger partial charge is 0.305 e. The van der Waals surface area contributed by atoms with E-state index in [1.807, 2.05) is 20.8 Å². The zero-order valence-corrected chi connectivity index (χ0v) is 12.1. The minimum absolute atomic E-state index is 0.0140. The third-order valence-electron chi connectivity index (χ3n) is 3.17. The molecule has 0 aromatic heterocycles. The van der Waals surface area contributed by atoms with Gasteiger partial charge in [0, 0.05) is 23.9 Å². The second kappa shape index (κ2) is 5.90. The van der Waals surface area contributed by atoms with E-state index in [-0.39, 0.29) is 23.6 Å². The normalized spacial score (nSPS) is 12.8. The summed E-state index contributed by atoms with van der Waals surface area (Å²) in [4.78, 5) is 21.2. The Bertz CT molecular complexity index is 520. The predicted molar refractivity (Wildman–Crippen MR) is 77.0 cm³/mol. The standard InChI is InChI=1S/C14H20N2O4/c1-9-7-10(16(19)20)5-6-11(9)15-12(8-13(17)18)14(2,3)4/h5-7,12,15H,8H2,1-4H3,(H,17,18). The number of benzene rings is 1. The van der Waals surface area contributed by atoms with Crippen LogP contribution < -0.4 is 5.32 Å². The molecule has 110 valence electrons. The summed E-state index contributed by atoms with van der Waals surface area (Å²) in [5.41, 5.74) is 1.22. The number of hydrogen-bond donors (Lipinski definition) is 2. The number of carboxylic acids is 1. The summed E-state index contributed by atoms with van der Waals surface area (Å²) >= 11 is 0. The number of aryl methyl sites for hydroxylation is 1. The van der Waals surface area contributed by atoms with Gasteiger partial charge < -0.3 is 10.4 Å². The van der Waals surface area contributed by atoms with E-state index in [9.17, 15) is 14.9 Å². The molecule has 1 rings (SSSR count). The molecule has 0 spiro atoms. The molecular formula is C14H20N2O4. The molecule has 0 amide bonds. The second-order valence-corrected chi connectivity index (χ2v) is 5.92. The summed E-state index contributed by atoms with van der Waals surface area (Å²) in [5.74, 6) is -0.878. The van der Waals surface area contributed by atoms with Crippen LogP contribution in [0.4, 0.5) is 11.4 Å². The minimum Gasteiger partial charge on any atom is -0.481 e. The zero-order chi connectivity index (χ0) is 15.5. The lowest BCUT2D eigenvalue weighted by Crippen LogP contribution is -2.36. The van der Waals surface area contributed by atoms with Gasteiger partial charge in [-0.05, 0) is 24.0 Å². The molecule has 1 aromatic carbocycles. The van der Waals surface area contributed by atoms with Gasteiger partial charge in [-0.2, -0.15) is 0 Å². The third kappa shape index (κ3) is 4.22. The Morgan fingerprint density at radius 3 is 2.45 bits per heavy atom. The molecule has 1 atom stereocenters. The fraction of sp³-hybridized carbons (Fsp3) is 0.500. The lowest BCUT2D eigenvalue weighted by molar-refractivity contribution is -0.384. The first-order valence-electron chi connectivity index (χ1n) is 6.34. The summed E-state index contributed by atoms with van der Waals surface area (Å²) in [5, 5.41) is 22.9. The number of hydrogen-bond acceptors (Lipinski definition) is 4. The van der Waals surface area contributed by atoms with Crippen molar-refractivity contribution in [2.45, 2.75) is 40.2 Å². The van der Waals surface area contributed by atoms with Crippen molar-refractivity contribution >= 4 is 17.3 Å². The third-order valence-corrected chi connectivity index (χ3v) is 3.17. The Labute approximate surface area is 118 Å². The lowest BCUT2D eigenvalue weighted by Gasteiger charge is -2.31. The molecule has 6 nitrogen and oxygen atoms in total.